The van der Waals surface area contributed by atoms with Gasteiger partial charge in [0.05, 0.1) is 16.3 Å². The van der Waals surface area contributed by atoms with Gasteiger partial charge >= 0.3 is 0 Å². The van der Waals surface area contributed by atoms with Crippen molar-refractivity contribution in [3.63, 3.8) is 0 Å². The summed E-state index contributed by atoms with van der Waals surface area (Å²) in [7, 11) is 0. The lowest BCUT2D eigenvalue weighted by atomic mass is 10.1. The average Bonchev–Trinajstić information content (AvgIpc) is 2.44. The zero-order chi connectivity index (χ0) is 14.5. The zero-order valence-electron chi connectivity index (χ0n) is 11.1. The summed E-state index contributed by atoms with van der Waals surface area (Å²) in [6.07, 6.45) is 4.63. The smallest absolute Gasteiger partial charge is 0.161 e. The van der Waals surface area contributed by atoms with Crippen LogP contribution in [0.4, 0.5) is 10.1 Å². The molecule has 0 amide bonds. The van der Waals surface area contributed by atoms with Crippen molar-refractivity contribution >= 4 is 38.8 Å². The second kappa shape index (κ2) is 7.33. The van der Waals surface area contributed by atoms with E-state index in [9.17, 15) is 4.39 Å². The van der Waals surface area contributed by atoms with Gasteiger partial charge in [-0.1, -0.05) is 12.2 Å². The maximum atomic E-state index is 14.1. The summed E-state index contributed by atoms with van der Waals surface area (Å²) in [5, 5.41) is 3.10. The predicted octanol–water partition coefficient (Wildman–Crippen LogP) is 3.59. The van der Waals surface area contributed by atoms with Gasteiger partial charge in [-0.15, -0.1) is 0 Å². The van der Waals surface area contributed by atoms with E-state index in [2.05, 4.69) is 21.2 Å². The quantitative estimate of drug-likeness (QED) is 0.787. The number of hydrogen-bond acceptors (Lipinski definition) is 3. The summed E-state index contributed by atoms with van der Waals surface area (Å²) in [6.45, 7) is 1.52. The summed E-state index contributed by atoms with van der Waals surface area (Å²) < 4.78 is 20.1. The van der Waals surface area contributed by atoms with Gasteiger partial charge in [-0.2, -0.15) is 0 Å². The Balaban J connectivity index is 1.92. The van der Waals surface area contributed by atoms with E-state index in [0.29, 0.717) is 28.4 Å². The molecular weight excluding hydrogens is 343 g/mol. The van der Waals surface area contributed by atoms with Crippen LogP contribution >= 0.6 is 28.1 Å². The van der Waals surface area contributed by atoms with E-state index in [1.165, 1.54) is 6.42 Å². The highest BCUT2D eigenvalue weighted by Gasteiger charge is 2.15. The molecule has 3 nitrogen and oxygen atoms in total. The molecule has 1 saturated heterocycles. The molecule has 1 unspecified atom stereocenters. The minimum absolute atomic E-state index is 0.179. The standard InChI is InChI=1S/C14H18BrFN2OS/c15-12-10(14(17)20)4-5-11(13(12)16)18-7-6-9-3-1-2-8-19-9/h4-5,9,18H,1-3,6-8H2,(H2,17,20). The summed E-state index contributed by atoms with van der Waals surface area (Å²) in [5.41, 5.74) is 6.49. The molecule has 1 aromatic rings. The molecule has 1 fully saturated rings. The second-order valence-electron chi connectivity index (χ2n) is 4.86. The first-order valence-corrected chi connectivity index (χ1v) is 7.93. The molecule has 1 atom stereocenters. The van der Waals surface area contributed by atoms with E-state index in [-0.39, 0.29) is 10.8 Å². The van der Waals surface area contributed by atoms with E-state index < -0.39 is 0 Å². The van der Waals surface area contributed by atoms with E-state index in [0.717, 1.165) is 25.9 Å². The van der Waals surface area contributed by atoms with Crippen molar-refractivity contribution in [3.8, 4) is 0 Å². The molecule has 0 bridgehead atoms. The van der Waals surface area contributed by atoms with Crippen LogP contribution in [0.3, 0.4) is 0 Å². The Bertz CT molecular complexity index is 492. The summed E-state index contributed by atoms with van der Waals surface area (Å²) in [5.74, 6) is -0.361. The number of benzene rings is 1. The first kappa shape index (κ1) is 15.7. The van der Waals surface area contributed by atoms with Crippen molar-refractivity contribution in [2.75, 3.05) is 18.5 Å². The number of ether oxygens (including phenoxy) is 1. The number of rotatable bonds is 5. The molecule has 2 rings (SSSR count). The van der Waals surface area contributed by atoms with Crippen LogP contribution in [-0.4, -0.2) is 24.2 Å². The van der Waals surface area contributed by atoms with Crippen LogP contribution in [0, 0.1) is 5.82 Å². The Morgan fingerprint density at radius 3 is 2.95 bits per heavy atom. The molecule has 0 spiro atoms. The van der Waals surface area contributed by atoms with Crippen LogP contribution in [0.15, 0.2) is 16.6 Å². The first-order chi connectivity index (χ1) is 9.59. The molecule has 110 valence electrons. The summed E-state index contributed by atoms with van der Waals surface area (Å²) in [6, 6.07) is 3.38. The van der Waals surface area contributed by atoms with E-state index in [4.69, 9.17) is 22.7 Å². The van der Waals surface area contributed by atoms with Gasteiger partial charge < -0.3 is 15.8 Å². The number of halogens is 2. The highest BCUT2D eigenvalue weighted by molar-refractivity contribution is 9.10. The summed E-state index contributed by atoms with van der Waals surface area (Å²) in [4.78, 5) is 0.179. The highest BCUT2D eigenvalue weighted by atomic mass is 79.9. The Morgan fingerprint density at radius 2 is 2.30 bits per heavy atom. The molecule has 3 N–H and O–H groups in total. The monoisotopic (exact) mass is 360 g/mol. The topological polar surface area (TPSA) is 47.3 Å². The average molecular weight is 361 g/mol. The Morgan fingerprint density at radius 1 is 1.50 bits per heavy atom. The van der Waals surface area contributed by atoms with E-state index in [1.807, 2.05) is 0 Å². The maximum absolute atomic E-state index is 14.1. The van der Waals surface area contributed by atoms with Gasteiger partial charge in [0.2, 0.25) is 0 Å². The molecule has 0 saturated carbocycles. The van der Waals surface area contributed by atoms with Crippen LogP contribution in [0.1, 0.15) is 31.2 Å². The lowest BCUT2D eigenvalue weighted by Crippen LogP contribution is -2.22. The van der Waals surface area contributed by atoms with Crippen LogP contribution in [0.25, 0.3) is 0 Å². The van der Waals surface area contributed by atoms with Crippen LogP contribution in [0.5, 0.6) is 0 Å². The molecule has 0 aliphatic carbocycles. The molecule has 1 aliphatic rings. The van der Waals surface area contributed by atoms with Crippen LogP contribution in [-0.2, 0) is 4.74 Å². The third-order valence-corrected chi connectivity index (χ3v) is 4.40. The van der Waals surface area contributed by atoms with Gasteiger partial charge in [-0.25, -0.2) is 4.39 Å². The SMILES string of the molecule is NC(=S)c1ccc(NCCC2CCCCO2)c(F)c1Br. The number of nitrogens with one attached hydrogen (secondary N) is 1. The molecule has 1 aromatic carbocycles. The van der Waals surface area contributed by atoms with Crippen LogP contribution in [0.2, 0.25) is 0 Å². The largest absolute Gasteiger partial charge is 0.389 e. The molecule has 1 aliphatic heterocycles. The van der Waals surface area contributed by atoms with Crippen molar-refractivity contribution in [2.24, 2.45) is 5.73 Å². The van der Waals surface area contributed by atoms with Crippen molar-refractivity contribution in [2.45, 2.75) is 31.8 Å². The minimum atomic E-state index is -0.361. The van der Waals surface area contributed by atoms with Gasteiger partial charge in [0.15, 0.2) is 5.82 Å². The Labute approximate surface area is 132 Å². The van der Waals surface area contributed by atoms with Crippen LogP contribution < -0.4 is 11.1 Å². The van der Waals surface area contributed by atoms with Gasteiger partial charge in [-0.3, -0.25) is 0 Å². The van der Waals surface area contributed by atoms with Crippen molar-refractivity contribution < 1.29 is 9.13 Å². The molecule has 1 heterocycles. The molecule has 0 aromatic heterocycles. The van der Waals surface area contributed by atoms with Crippen molar-refractivity contribution in [3.05, 3.63) is 28.0 Å². The third-order valence-electron chi connectivity index (χ3n) is 3.40. The van der Waals surface area contributed by atoms with E-state index >= 15 is 0 Å². The van der Waals surface area contributed by atoms with Gasteiger partial charge in [0.25, 0.3) is 0 Å². The summed E-state index contributed by atoms with van der Waals surface area (Å²) >= 11 is 8.06. The van der Waals surface area contributed by atoms with Gasteiger partial charge in [0, 0.05) is 18.7 Å². The van der Waals surface area contributed by atoms with Gasteiger partial charge in [0.1, 0.15) is 4.99 Å². The molecule has 20 heavy (non-hydrogen) atoms. The fraction of sp³-hybridized carbons (Fsp3) is 0.500. The normalized spacial score (nSPS) is 18.8. The number of hydrogen-bond donors (Lipinski definition) is 2. The molecule has 0 radical (unpaired) electrons. The Kier molecular flexibility index (Phi) is 5.74. The van der Waals surface area contributed by atoms with Gasteiger partial charge in [-0.05, 0) is 53.7 Å². The zero-order valence-corrected chi connectivity index (χ0v) is 13.5. The molecule has 6 heteroatoms. The second-order valence-corrected chi connectivity index (χ2v) is 6.09. The van der Waals surface area contributed by atoms with Crippen molar-refractivity contribution in [1.29, 1.82) is 0 Å². The van der Waals surface area contributed by atoms with Crippen molar-refractivity contribution in [1.82, 2.24) is 0 Å². The molecular formula is C14H18BrFN2OS. The fourth-order valence-corrected chi connectivity index (χ4v) is 3.14. The lowest BCUT2D eigenvalue weighted by Gasteiger charge is -2.22. The number of anilines is 1. The number of thiocarbonyl (C=S) groups is 1. The van der Waals surface area contributed by atoms with E-state index in [1.54, 1.807) is 12.1 Å². The minimum Gasteiger partial charge on any atom is -0.389 e. The number of nitrogens with two attached hydrogens (primary N) is 1. The third kappa shape index (κ3) is 3.90. The first-order valence-electron chi connectivity index (χ1n) is 6.73. The Hall–Kier alpha value is -0.720. The highest BCUT2D eigenvalue weighted by Crippen LogP contribution is 2.27. The predicted molar refractivity (Wildman–Crippen MR) is 86.7 cm³/mol. The fourth-order valence-electron chi connectivity index (χ4n) is 2.28. The lowest BCUT2D eigenvalue weighted by molar-refractivity contribution is 0.0134. The maximum Gasteiger partial charge on any atom is 0.161 e.